The standard InChI is InChI=1S/C17H19F2N5O3/c1-2-23-11-14(24(26)27)16(20-23)17(25)22-8-6-21(7-9-22)10-12-4-3-5-13(18)15(12)19/h3-5,11H,2,6-10H2,1H3. The summed E-state index contributed by atoms with van der Waals surface area (Å²) < 4.78 is 28.5. The number of carbonyl (C=O) groups excluding carboxylic acids is 1. The van der Waals surface area contributed by atoms with E-state index in [1.807, 2.05) is 4.90 Å². The monoisotopic (exact) mass is 379 g/mol. The molecule has 0 N–H and O–H groups in total. The van der Waals surface area contributed by atoms with Crippen LogP contribution < -0.4 is 0 Å². The number of hydrogen-bond donors (Lipinski definition) is 0. The van der Waals surface area contributed by atoms with Crippen LogP contribution in [0, 0.1) is 21.7 Å². The lowest BCUT2D eigenvalue weighted by atomic mass is 10.1. The number of halogens is 2. The Balaban J connectivity index is 1.65. The molecule has 27 heavy (non-hydrogen) atoms. The molecule has 0 radical (unpaired) electrons. The van der Waals surface area contributed by atoms with E-state index in [0.717, 1.165) is 6.07 Å². The third-order valence-electron chi connectivity index (χ3n) is 4.55. The third-order valence-corrected chi connectivity index (χ3v) is 4.55. The van der Waals surface area contributed by atoms with Crippen LogP contribution in [-0.2, 0) is 13.1 Å². The molecule has 1 aromatic carbocycles. The SMILES string of the molecule is CCn1cc([N+](=O)[O-])c(C(=O)N2CCN(Cc3cccc(F)c3F)CC2)n1. The maximum Gasteiger partial charge on any atom is 0.320 e. The Labute approximate surface area is 154 Å². The van der Waals surface area contributed by atoms with Crippen molar-refractivity contribution in [1.29, 1.82) is 0 Å². The molecular formula is C17H19F2N5O3. The van der Waals surface area contributed by atoms with Crippen molar-refractivity contribution in [1.82, 2.24) is 19.6 Å². The molecular weight excluding hydrogens is 360 g/mol. The van der Waals surface area contributed by atoms with Crippen LogP contribution in [0.4, 0.5) is 14.5 Å². The van der Waals surface area contributed by atoms with Gasteiger partial charge in [-0.2, -0.15) is 5.10 Å². The van der Waals surface area contributed by atoms with Crippen molar-refractivity contribution in [2.45, 2.75) is 20.0 Å². The minimum atomic E-state index is -0.889. The number of amides is 1. The van der Waals surface area contributed by atoms with E-state index >= 15 is 0 Å². The first-order valence-corrected chi connectivity index (χ1v) is 8.57. The van der Waals surface area contributed by atoms with Crippen LogP contribution >= 0.6 is 0 Å². The zero-order valence-corrected chi connectivity index (χ0v) is 14.8. The van der Waals surface area contributed by atoms with E-state index in [1.165, 1.54) is 27.9 Å². The number of nitro groups is 1. The molecule has 1 saturated heterocycles. The summed E-state index contributed by atoms with van der Waals surface area (Å²) in [5.41, 5.74) is -0.232. The van der Waals surface area contributed by atoms with Gasteiger partial charge in [0.15, 0.2) is 11.6 Å². The number of nitrogens with zero attached hydrogens (tertiary/aromatic N) is 5. The largest absolute Gasteiger partial charge is 0.334 e. The van der Waals surface area contributed by atoms with Crippen molar-refractivity contribution in [3.63, 3.8) is 0 Å². The topological polar surface area (TPSA) is 84.5 Å². The quantitative estimate of drug-likeness (QED) is 0.586. The molecule has 10 heteroatoms. The highest BCUT2D eigenvalue weighted by atomic mass is 19.2. The smallest absolute Gasteiger partial charge is 0.320 e. The van der Waals surface area contributed by atoms with E-state index in [1.54, 1.807) is 6.92 Å². The highest BCUT2D eigenvalue weighted by molar-refractivity contribution is 5.96. The van der Waals surface area contributed by atoms with Crippen LogP contribution in [0.3, 0.4) is 0 Å². The predicted octanol–water partition coefficient (Wildman–Crippen LogP) is 2.05. The Morgan fingerprint density at radius 1 is 1.26 bits per heavy atom. The number of hydrogen-bond acceptors (Lipinski definition) is 5. The second kappa shape index (κ2) is 7.78. The molecule has 2 aromatic rings. The first kappa shape index (κ1) is 18.9. The van der Waals surface area contributed by atoms with E-state index < -0.39 is 22.5 Å². The van der Waals surface area contributed by atoms with Crippen molar-refractivity contribution >= 4 is 11.6 Å². The molecule has 1 aliphatic rings. The minimum Gasteiger partial charge on any atom is -0.334 e. The first-order chi connectivity index (χ1) is 12.9. The van der Waals surface area contributed by atoms with Gasteiger partial charge in [0.05, 0.1) is 4.92 Å². The Morgan fingerprint density at radius 3 is 2.59 bits per heavy atom. The van der Waals surface area contributed by atoms with Gasteiger partial charge in [-0.1, -0.05) is 12.1 Å². The average Bonchev–Trinajstić information content (AvgIpc) is 3.10. The Bertz CT molecular complexity index is 862. The normalized spacial score (nSPS) is 15.1. The molecule has 0 aliphatic carbocycles. The summed E-state index contributed by atoms with van der Waals surface area (Å²) >= 11 is 0. The first-order valence-electron chi connectivity index (χ1n) is 8.57. The summed E-state index contributed by atoms with van der Waals surface area (Å²) in [6, 6.07) is 4.05. The Kier molecular flexibility index (Phi) is 5.45. The molecule has 8 nitrogen and oxygen atoms in total. The molecule has 0 unspecified atom stereocenters. The van der Waals surface area contributed by atoms with Gasteiger partial charge < -0.3 is 4.90 Å². The zero-order chi connectivity index (χ0) is 19.6. The lowest BCUT2D eigenvalue weighted by molar-refractivity contribution is -0.385. The second-order valence-corrected chi connectivity index (χ2v) is 6.26. The summed E-state index contributed by atoms with van der Waals surface area (Å²) in [5.74, 6) is -2.25. The molecule has 3 rings (SSSR count). The number of aromatic nitrogens is 2. The number of rotatable bonds is 5. The van der Waals surface area contributed by atoms with Crippen LogP contribution in [0.1, 0.15) is 23.0 Å². The number of carbonyl (C=O) groups is 1. The van der Waals surface area contributed by atoms with Crippen molar-refractivity contribution < 1.29 is 18.5 Å². The molecule has 0 atom stereocenters. The van der Waals surface area contributed by atoms with Gasteiger partial charge in [0.1, 0.15) is 6.20 Å². The van der Waals surface area contributed by atoms with Gasteiger partial charge >= 0.3 is 5.69 Å². The van der Waals surface area contributed by atoms with Gasteiger partial charge in [0, 0.05) is 44.8 Å². The number of benzene rings is 1. The van der Waals surface area contributed by atoms with Gasteiger partial charge in [-0.25, -0.2) is 8.78 Å². The second-order valence-electron chi connectivity index (χ2n) is 6.26. The van der Waals surface area contributed by atoms with E-state index in [4.69, 9.17) is 0 Å². The van der Waals surface area contributed by atoms with Crippen LogP contribution in [0.15, 0.2) is 24.4 Å². The maximum absolute atomic E-state index is 13.8. The highest BCUT2D eigenvalue weighted by Crippen LogP contribution is 2.20. The maximum atomic E-state index is 13.8. The van der Waals surface area contributed by atoms with E-state index in [0.29, 0.717) is 32.7 Å². The van der Waals surface area contributed by atoms with Crippen molar-refractivity contribution in [3.05, 3.63) is 57.4 Å². The van der Waals surface area contributed by atoms with Gasteiger partial charge in [-0.15, -0.1) is 0 Å². The molecule has 0 saturated carbocycles. The summed E-state index contributed by atoms with van der Waals surface area (Å²) in [4.78, 5) is 26.6. The number of aryl methyl sites for hydroxylation is 1. The van der Waals surface area contributed by atoms with Crippen LogP contribution in [0.25, 0.3) is 0 Å². The molecule has 144 valence electrons. The fourth-order valence-corrected chi connectivity index (χ4v) is 3.03. The molecule has 0 spiro atoms. The van der Waals surface area contributed by atoms with Crippen molar-refractivity contribution in [2.24, 2.45) is 0 Å². The van der Waals surface area contributed by atoms with Crippen LogP contribution in [-0.4, -0.2) is 56.6 Å². The lowest BCUT2D eigenvalue weighted by Crippen LogP contribution is -2.48. The van der Waals surface area contributed by atoms with Crippen molar-refractivity contribution in [3.8, 4) is 0 Å². The summed E-state index contributed by atoms with van der Waals surface area (Å²) in [6.07, 6.45) is 1.25. The lowest BCUT2D eigenvalue weighted by Gasteiger charge is -2.34. The van der Waals surface area contributed by atoms with Gasteiger partial charge in [0.2, 0.25) is 5.69 Å². The zero-order valence-electron chi connectivity index (χ0n) is 14.8. The summed E-state index contributed by atoms with van der Waals surface area (Å²) in [6.45, 7) is 3.97. The van der Waals surface area contributed by atoms with Gasteiger partial charge in [-0.05, 0) is 13.0 Å². The number of piperazine rings is 1. The highest BCUT2D eigenvalue weighted by Gasteiger charge is 2.31. The molecule has 1 amide bonds. The Hall–Kier alpha value is -2.88. The molecule has 1 fully saturated rings. The van der Waals surface area contributed by atoms with Crippen molar-refractivity contribution in [2.75, 3.05) is 26.2 Å². The molecule has 0 bridgehead atoms. The van der Waals surface area contributed by atoms with Crippen LogP contribution in [0.2, 0.25) is 0 Å². The van der Waals surface area contributed by atoms with E-state index in [-0.39, 0.29) is 23.5 Å². The minimum absolute atomic E-state index is 0.175. The molecule has 1 aliphatic heterocycles. The molecule has 1 aromatic heterocycles. The predicted molar refractivity (Wildman–Crippen MR) is 92.1 cm³/mol. The average molecular weight is 379 g/mol. The van der Waals surface area contributed by atoms with E-state index in [2.05, 4.69) is 5.10 Å². The third kappa shape index (κ3) is 3.95. The fourth-order valence-electron chi connectivity index (χ4n) is 3.03. The van der Waals surface area contributed by atoms with Gasteiger partial charge in [0.25, 0.3) is 5.91 Å². The summed E-state index contributed by atoms with van der Waals surface area (Å²) in [5, 5.41) is 15.2. The fraction of sp³-hybridized carbons (Fsp3) is 0.412. The molecule has 2 heterocycles. The van der Waals surface area contributed by atoms with Crippen LogP contribution in [0.5, 0.6) is 0 Å². The van der Waals surface area contributed by atoms with E-state index in [9.17, 15) is 23.7 Å². The summed E-state index contributed by atoms with van der Waals surface area (Å²) in [7, 11) is 0. The Morgan fingerprint density at radius 2 is 1.96 bits per heavy atom. The van der Waals surface area contributed by atoms with Gasteiger partial charge in [-0.3, -0.25) is 24.5 Å².